The van der Waals surface area contributed by atoms with Gasteiger partial charge >= 0.3 is 0 Å². The fourth-order valence-electron chi connectivity index (χ4n) is 2.55. The average Bonchev–Trinajstić information content (AvgIpc) is 2.35. The van der Waals surface area contributed by atoms with Gasteiger partial charge in [-0.1, -0.05) is 26.7 Å². The van der Waals surface area contributed by atoms with Gasteiger partial charge in [0, 0.05) is 12.2 Å². The van der Waals surface area contributed by atoms with Gasteiger partial charge in [0.05, 0.1) is 11.6 Å². The molecule has 1 saturated carbocycles. The van der Waals surface area contributed by atoms with Gasteiger partial charge in [-0.25, -0.2) is 4.98 Å². The van der Waals surface area contributed by atoms with Gasteiger partial charge in [-0.3, -0.25) is 0 Å². The van der Waals surface area contributed by atoms with E-state index >= 15 is 0 Å². The highest BCUT2D eigenvalue weighted by Crippen LogP contribution is 2.31. The molecule has 3 unspecified atom stereocenters. The zero-order chi connectivity index (χ0) is 12.3. The van der Waals surface area contributed by atoms with E-state index in [2.05, 4.69) is 30.2 Å². The molecule has 1 aromatic rings. The summed E-state index contributed by atoms with van der Waals surface area (Å²) in [5.74, 6) is 2.26. The van der Waals surface area contributed by atoms with Gasteiger partial charge in [-0.05, 0) is 30.4 Å². The fourth-order valence-corrected chi connectivity index (χ4v) is 2.55. The van der Waals surface area contributed by atoms with Crippen LogP contribution in [-0.2, 0) is 0 Å². The molecule has 0 bridgehead atoms. The second-order valence-corrected chi connectivity index (χ2v) is 5.06. The van der Waals surface area contributed by atoms with Crippen LogP contribution < -0.4 is 5.32 Å². The van der Waals surface area contributed by atoms with E-state index in [1.165, 1.54) is 19.3 Å². The number of pyridine rings is 1. The van der Waals surface area contributed by atoms with Crippen molar-refractivity contribution in [1.29, 1.82) is 5.26 Å². The van der Waals surface area contributed by atoms with Crippen molar-refractivity contribution in [3.05, 3.63) is 23.9 Å². The molecular formula is C14H19N3. The highest BCUT2D eigenvalue weighted by molar-refractivity contribution is 5.43. The van der Waals surface area contributed by atoms with Crippen molar-refractivity contribution in [2.45, 2.75) is 39.2 Å². The summed E-state index contributed by atoms with van der Waals surface area (Å²) in [6.45, 7) is 4.62. The van der Waals surface area contributed by atoms with Crippen LogP contribution in [0.1, 0.15) is 38.7 Å². The SMILES string of the molecule is CC1CCCC(Nc2cc(C#N)ccn2)C1C. The smallest absolute Gasteiger partial charge is 0.127 e. The summed E-state index contributed by atoms with van der Waals surface area (Å²) in [5.41, 5.74) is 0.666. The quantitative estimate of drug-likeness (QED) is 0.847. The molecule has 3 nitrogen and oxygen atoms in total. The van der Waals surface area contributed by atoms with Gasteiger partial charge in [0.1, 0.15) is 5.82 Å². The lowest BCUT2D eigenvalue weighted by Crippen LogP contribution is -2.35. The van der Waals surface area contributed by atoms with Gasteiger partial charge in [0.15, 0.2) is 0 Å². The zero-order valence-electron chi connectivity index (χ0n) is 10.5. The van der Waals surface area contributed by atoms with Crippen LogP contribution in [0.25, 0.3) is 0 Å². The van der Waals surface area contributed by atoms with Gasteiger partial charge in [0.2, 0.25) is 0 Å². The lowest BCUT2D eigenvalue weighted by atomic mass is 9.78. The highest BCUT2D eigenvalue weighted by Gasteiger charge is 2.26. The molecule has 3 atom stereocenters. The van der Waals surface area contributed by atoms with E-state index in [4.69, 9.17) is 5.26 Å². The Morgan fingerprint density at radius 1 is 1.41 bits per heavy atom. The number of hydrogen-bond donors (Lipinski definition) is 1. The Bertz CT molecular complexity index is 422. The van der Waals surface area contributed by atoms with Crippen LogP contribution >= 0.6 is 0 Å². The summed E-state index contributed by atoms with van der Waals surface area (Å²) >= 11 is 0. The molecule has 0 aliphatic heterocycles. The molecular weight excluding hydrogens is 210 g/mol. The van der Waals surface area contributed by atoms with E-state index in [-0.39, 0.29) is 0 Å². The predicted octanol–water partition coefficient (Wildman–Crippen LogP) is 3.19. The molecule has 1 N–H and O–H groups in total. The molecule has 2 rings (SSSR count). The Morgan fingerprint density at radius 2 is 2.24 bits per heavy atom. The number of hydrogen-bond acceptors (Lipinski definition) is 3. The Balaban J connectivity index is 2.07. The number of nitrogens with zero attached hydrogens (tertiary/aromatic N) is 2. The highest BCUT2D eigenvalue weighted by atomic mass is 15.0. The van der Waals surface area contributed by atoms with Crippen LogP contribution in [0.15, 0.2) is 18.3 Å². The maximum absolute atomic E-state index is 8.86. The molecule has 1 aliphatic rings. The first kappa shape index (κ1) is 11.9. The topological polar surface area (TPSA) is 48.7 Å². The number of rotatable bonds is 2. The summed E-state index contributed by atoms with van der Waals surface area (Å²) in [6.07, 6.45) is 5.49. The number of aromatic nitrogens is 1. The summed E-state index contributed by atoms with van der Waals surface area (Å²) < 4.78 is 0. The van der Waals surface area contributed by atoms with Crippen molar-refractivity contribution in [2.75, 3.05) is 5.32 Å². The third-order valence-electron chi connectivity index (χ3n) is 3.93. The van der Waals surface area contributed by atoms with Crippen molar-refractivity contribution in [2.24, 2.45) is 11.8 Å². The van der Waals surface area contributed by atoms with Crippen molar-refractivity contribution in [3.8, 4) is 6.07 Å². The third kappa shape index (κ3) is 2.76. The Kier molecular flexibility index (Phi) is 3.63. The van der Waals surface area contributed by atoms with Gasteiger partial charge in [0.25, 0.3) is 0 Å². The van der Waals surface area contributed by atoms with E-state index in [0.29, 0.717) is 17.5 Å². The van der Waals surface area contributed by atoms with Crippen molar-refractivity contribution >= 4 is 5.82 Å². The van der Waals surface area contributed by atoms with Crippen LogP contribution in [0.3, 0.4) is 0 Å². The van der Waals surface area contributed by atoms with Crippen LogP contribution in [0.4, 0.5) is 5.82 Å². The van der Waals surface area contributed by atoms with Crippen molar-refractivity contribution < 1.29 is 0 Å². The Hall–Kier alpha value is -1.56. The summed E-state index contributed by atoms with van der Waals surface area (Å²) in [5, 5.41) is 12.3. The molecule has 0 spiro atoms. The molecule has 0 aromatic carbocycles. The molecule has 1 heterocycles. The first-order chi connectivity index (χ1) is 8.20. The molecule has 1 aromatic heterocycles. The van der Waals surface area contributed by atoms with Gasteiger partial charge in [-0.15, -0.1) is 0 Å². The van der Waals surface area contributed by atoms with Crippen molar-refractivity contribution in [1.82, 2.24) is 4.98 Å². The standard InChI is InChI=1S/C14H19N3/c1-10-4-3-5-13(11(10)2)17-14-8-12(9-15)6-7-16-14/h6-8,10-11,13H,3-5H2,1-2H3,(H,16,17). The van der Waals surface area contributed by atoms with Crippen molar-refractivity contribution in [3.63, 3.8) is 0 Å². The third-order valence-corrected chi connectivity index (χ3v) is 3.93. The fraction of sp³-hybridized carbons (Fsp3) is 0.571. The Labute approximate surface area is 103 Å². The summed E-state index contributed by atoms with van der Waals surface area (Å²) in [6, 6.07) is 6.19. The normalized spacial score (nSPS) is 28.4. The van der Waals surface area contributed by atoms with Crippen LogP contribution in [0.5, 0.6) is 0 Å². The molecule has 0 radical (unpaired) electrons. The molecule has 90 valence electrons. The molecule has 17 heavy (non-hydrogen) atoms. The zero-order valence-corrected chi connectivity index (χ0v) is 10.5. The monoisotopic (exact) mass is 229 g/mol. The molecule has 3 heteroatoms. The largest absolute Gasteiger partial charge is 0.367 e. The first-order valence-electron chi connectivity index (χ1n) is 6.33. The van der Waals surface area contributed by atoms with Crippen LogP contribution in [0, 0.1) is 23.2 Å². The molecule has 0 saturated heterocycles. The summed E-state index contributed by atoms with van der Waals surface area (Å²) in [4.78, 5) is 4.28. The minimum atomic E-state index is 0.486. The molecule has 1 aliphatic carbocycles. The second kappa shape index (κ2) is 5.18. The lowest BCUT2D eigenvalue weighted by Gasteiger charge is -2.34. The number of nitriles is 1. The minimum absolute atomic E-state index is 0.486. The van der Waals surface area contributed by atoms with E-state index in [1.54, 1.807) is 12.3 Å². The average molecular weight is 229 g/mol. The van der Waals surface area contributed by atoms with Crippen LogP contribution in [0.2, 0.25) is 0 Å². The van der Waals surface area contributed by atoms with E-state index in [1.807, 2.05) is 6.07 Å². The van der Waals surface area contributed by atoms with E-state index < -0.39 is 0 Å². The molecule has 0 amide bonds. The number of anilines is 1. The molecule has 1 fully saturated rings. The lowest BCUT2D eigenvalue weighted by molar-refractivity contribution is 0.253. The Morgan fingerprint density at radius 3 is 3.00 bits per heavy atom. The first-order valence-corrected chi connectivity index (χ1v) is 6.33. The maximum atomic E-state index is 8.86. The summed E-state index contributed by atoms with van der Waals surface area (Å²) in [7, 11) is 0. The second-order valence-electron chi connectivity index (χ2n) is 5.06. The predicted molar refractivity (Wildman–Crippen MR) is 68.5 cm³/mol. The van der Waals surface area contributed by atoms with Gasteiger partial charge in [-0.2, -0.15) is 5.26 Å². The minimum Gasteiger partial charge on any atom is -0.367 e. The van der Waals surface area contributed by atoms with Crippen LogP contribution in [-0.4, -0.2) is 11.0 Å². The van der Waals surface area contributed by atoms with E-state index in [0.717, 1.165) is 11.7 Å². The number of nitrogens with one attached hydrogen (secondary N) is 1. The maximum Gasteiger partial charge on any atom is 0.127 e. The van der Waals surface area contributed by atoms with Gasteiger partial charge < -0.3 is 5.32 Å². The van der Waals surface area contributed by atoms with E-state index in [9.17, 15) is 0 Å².